The summed E-state index contributed by atoms with van der Waals surface area (Å²) in [5.41, 5.74) is 1.42. The van der Waals surface area contributed by atoms with Gasteiger partial charge in [0.05, 0.1) is 31.4 Å². The summed E-state index contributed by atoms with van der Waals surface area (Å²) in [6, 6.07) is 0. The Morgan fingerprint density at radius 2 is 2.26 bits per heavy atom. The van der Waals surface area contributed by atoms with Crippen molar-refractivity contribution in [2.24, 2.45) is 5.92 Å². The Morgan fingerprint density at radius 1 is 1.53 bits per heavy atom. The Balaban J connectivity index is 2.12. The highest BCUT2D eigenvalue weighted by Crippen LogP contribution is 2.30. The molecule has 6 heteroatoms. The maximum Gasteiger partial charge on any atom is 0.350 e. The molecule has 0 spiro atoms. The lowest BCUT2D eigenvalue weighted by Gasteiger charge is -2.10. The number of ether oxygens (including phenoxy) is 2. The fraction of sp³-hybridized carbons (Fsp3) is 0.538. The van der Waals surface area contributed by atoms with E-state index in [4.69, 9.17) is 9.47 Å². The van der Waals surface area contributed by atoms with Crippen LogP contribution in [0.15, 0.2) is 5.38 Å². The maximum absolute atomic E-state index is 12.1. The van der Waals surface area contributed by atoms with Crippen molar-refractivity contribution in [2.75, 3.05) is 19.0 Å². The van der Waals surface area contributed by atoms with E-state index in [1.807, 2.05) is 19.2 Å². The molecule has 1 aliphatic rings. The molecule has 0 aliphatic carbocycles. The van der Waals surface area contributed by atoms with E-state index < -0.39 is 5.97 Å². The fourth-order valence-corrected chi connectivity index (χ4v) is 2.99. The van der Waals surface area contributed by atoms with E-state index in [2.05, 4.69) is 5.32 Å². The molecular formula is C13H17NO4S. The van der Waals surface area contributed by atoms with E-state index >= 15 is 0 Å². The normalized spacial score (nSPS) is 22.3. The molecule has 1 aromatic heterocycles. The molecule has 2 unspecified atom stereocenters. The van der Waals surface area contributed by atoms with Crippen LogP contribution in [-0.4, -0.2) is 31.7 Å². The highest BCUT2D eigenvalue weighted by molar-refractivity contribution is 7.12. The summed E-state index contributed by atoms with van der Waals surface area (Å²) < 4.78 is 10.1. The second-order valence-corrected chi connectivity index (χ2v) is 5.56. The van der Waals surface area contributed by atoms with Gasteiger partial charge < -0.3 is 14.8 Å². The van der Waals surface area contributed by atoms with Gasteiger partial charge in [-0.2, -0.15) is 0 Å². The van der Waals surface area contributed by atoms with E-state index in [0.29, 0.717) is 23.6 Å². The molecule has 0 bridgehead atoms. The standard InChI is InChI=1S/C13H17NO4S/c1-7-6-19-11(13(16)17-3)10(7)14-12(15)9-4-8(2)18-5-9/h6,8-9H,4-5H2,1-3H3,(H,14,15). The summed E-state index contributed by atoms with van der Waals surface area (Å²) in [5, 5.41) is 4.66. The Morgan fingerprint density at radius 3 is 2.84 bits per heavy atom. The Hall–Kier alpha value is -1.40. The van der Waals surface area contributed by atoms with Gasteiger partial charge in [-0.3, -0.25) is 4.79 Å². The first kappa shape index (κ1) is 14.0. The minimum Gasteiger partial charge on any atom is -0.465 e. The molecule has 2 rings (SSSR count). The topological polar surface area (TPSA) is 64.6 Å². The minimum absolute atomic E-state index is 0.101. The van der Waals surface area contributed by atoms with Gasteiger partial charge in [-0.25, -0.2) is 4.79 Å². The molecule has 1 aliphatic heterocycles. The maximum atomic E-state index is 12.1. The zero-order valence-electron chi connectivity index (χ0n) is 11.2. The van der Waals surface area contributed by atoms with E-state index in [-0.39, 0.29) is 17.9 Å². The number of hydrogen-bond donors (Lipinski definition) is 1. The molecule has 1 fully saturated rings. The van der Waals surface area contributed by atoms with Gasteiger partial charge in [-0.05, 0) is 31.2 Å². The molecule has 104 valence electrons. The molecule has 2 heterocycles. The van der Waals surface area contributed by atoms with E-state index in [0.717, 1.165) is 5.56 Å². The number of anilines is 1. The fourth-order valence-electron chi connectivity index (χ4n) is 2.07. The van der Waals surface area contributed by atoms with Gasteiger partial charge in [0.2, 0.25) is 5.91 Å². The van der Waals surface area contributed by atoms with Crippen molar-refractivity contribution in [2.45, 2.75) is 26.4 Å². The Kier molecular flexibility index (Phi) is 4.21. The van der Waals surface area contributed by atoms with Crippen LogP contribution in [0.4, 0.5) is 5.69 Å². The van der Waals surface area contributed by atoms with Crippen molar-refractivity contribution in [3.8, 4) is 0 Å². The Bertz CT molecular complexity index is 497. The van der Waals surface area contributed by atoms with E-state index in [9.17, 15) is 9.59 Å². The van der Waals surface area contributed by atoms with Crippen LogP contribution in [0.25, 0.3) is 0 Å². The molecule has 2 atom stereocenters. The van der Waals surface area contributed by atoms with Gasteiger partial charge in [-0.1, -0.05) is 0 Å². The van der Waals surface area contributed by atoms with Crippen LogP contribution in [-0.2, 0) is 14.3 Å². The average Bonchev–Trinajstić information content (AvgIpc) is 2.96. The first-order valence-corrected chi connectivity index (χ1v) is 6.99. The second-order valence-electron chi connectivity index (χ2n) is 4.68. The number of carbonyl (C=O) groups is 2. The zero-order valence-corrected chi connectivity index (χ0v) is 12.0. The molecule has 1 aromatic rings. The van der Waals surface area contributed by atoms with Gasteiger partial charge in [0, 0.05) is 0 Å². The molecule has 1 saturated heterocycles. The van der Waals surface area contributed by atoms with Crippen LogP contribution in [0.5, 0.6) is 0 Å². The highest BCUT2D eigenvalue weighted by Gasteiger charge is 2.29. The first-order chi connectivity index (χ1) is 9.02. The first-order valence-electron chi connectivity index (χ1n) is 6.11. The third kappa shape index (κ3) is 2.96. The summed E-state index contributed by atoms with van der Waals surface area (Å²) >= 11 is 1.27. The SMILES string of the molecule is COC(=O)c1scc(C)c1NC(=O)C1COC(C)C1. The molecule has 19 heavy (non-hydrogen) atoms. The van der Waals surface area contributed by atoms with Crippen LogP contribution in [0.1, 0.15) is 28.6 Å². The number of nitrogens with one attached hydrogen (secondary N) is 1. The lowest BCUT2D eigenvalue weighted by atomic mass is 10.1. The van der Waals surface area contributed by atoms with Gasteiger partial charge in [0.15, 0.2) is 0 Å². The number of aryl methyl sites for hydroxylation is 1. The lowest BCUT2D eigenvalue weighted by Crippen LogP contribution is -2.24. The molecule has 0 aromatic carbocycles. The lowest BCUT2D eigenvalue weighted by molar-refractivity contribution is -0.119. The zero-order chi connectivity index (χ0) is 14.0. The van der Waals surface area contributed by atoms with Crippen molar-refractivity contribution in [3.63, 3.8) is 0 Å². The summed E-state index contributed by atoms with van der Waals surface area (Å²) in [4.78, 5) is 24.2. The van der Waals surface area contributed by atoms with Gasteiger partial charge in [0.25, 0.3) is 0 Å². The summed E-state index contributed by atoms with van der Waals surface area (Å²) in [7, 11) is 1.33. The number of rotatable bonds is 3. The Labute approximate surface area is 115 Å². The van der Waals surface area contributed by atoms with Crippen molar-refractivity contribution < 1.29 is 19.1 Å². The summed E-state index contributed by atoms with van der Waals surface area (Å²) in [6.07, 6.45) is 0.821. The third-order valence-electron chi connectivity index (χ3n) is 3.16. The van der Waals surface area contributed by atoms with E-state index in [1.165, 1.54) is 18.4 Å². The van der Waals surface area contributed by atoms with Crippen LogP contribution >= 0.6 is 11.3 Å². The average molecular weight is 283 g/mol. The second kappa shape index (κ2) is 5.71. The smallest absolute Gasteiger partial charge is 0.350 e. The largest absolute Gasteiger partial charge is 0.465 e. The predicted octanol–water partition coefficient (Wildman–Crippen LogP) is 2.21. The number of esters is 1. The molecule has 1 amide bonds. The predicted molar refractivity (Wildman–Crippen MR) is 72.5 cm³/mol. The van der Waals surface area contributed by atoms with Crippen LogP contribution in [0.2, 0.25) is 0 Å². The number of amides is 1. The number of methoxy groups -OCH3 is 1. The quantitative estimate of drug-likeness (QED) is 0.864. The number of carbonyl (C=O) groups excluding carboxylic acids is 2. The van der Waals surface area contributed by atoms with E-state index in [1.54, 1.807) is 0 Å². The molecule has 1 N–H and O–H groups in total. The van der Waals surface area contributed by atoms with Crippen LogP contribution in [0, 0.1) is 12.8 Å². The molecule has 0 saturated carbocycles. The van der Waals surface area contributed by atoms with Crippen molar-refractivity contribution in [1.29, 1.82) is 0 Å². The molecule has 5 nitrogen and oxygen atoms in total. The van der Waals surface area contributed by atoms with Crippen molar-refractivity contribution in [1.82, 2.24) is 0 Å². The van der Waals surface area contributed by atoms with Crippen molar-refractivity contribution in [3.05, 3.63) is 15.8 Å². The third-order valence-corrected chi connectivity index (χ3v) is 4.24. The van der Waals surface area contributed by atoms with Gasteiger partial charge in [0.1, 0.15) is 4.88 Å². The number of thiophene rings is 1. The van der Waals surface area contributed by atoms with Gasteiger partial charge >= 0.3 is 5.97 Å². The monoisotopic (exact) mass is 283 g/mol. The molecular weight excluding hydrogens is 266 g/mol. The highest BCUT2D eigenvalue weighted by atomic mass is 32.1. The van der Waals surface area contributed by atoms with Crippen LogP contribution < -0.4 is 5.32 Å². The summed E-state index contributed by atoms with van der Waals surface area (Å²) in [5.74, 6) is -0.680. The minimum atomic E-state index is -0.426. The van der Waals surface area contributed by atoms with Gasteiger partial charge in [-0.15, -0.1) is 11.3 Å². The van der Waals surface area contributed by atoms with Crippen molar-refractivity contribution >= 4 is 28.9 Å². The van der Waals surface area contributed by atoms with Crippen LogP contribution in [0.3, 0.4) is 0 Å². The molecule has 0 radical (unpaired) electrons. The number of hydrogen-bond acceptors (Lipinski definition) is 5. The summed E-state index contributed by atoms with van der Waals surface area (Å²) in [6.45, 7) is 4.24.